The standard InChI is InChI=1S/C15H13N3OS/c19-13-5-3-11(4-6-13)17-15(20)18-12-2-1-10-7-8-16-14(10)9-12/h1-9,16,19H,(H2,17,18,20). The van der Waals surface area contributed by atoms with Gasteiger partial charge < -0.3 is 20.7 Å². The highest BCUT2D eigenvalue weighted by molar-refractivity contribution is 7.80. The molecule has 0 aliphatic rings. The van der Waals surface area contributed by atoms with Gasteiger partial charge in [-0.05, 0) is 60.1 Å². The van der Waals surface area contributed by atoms with Crippen LogP contribution < -0.4 is 10.6 Å². The minimum Gasteiger partial charge on any atom is -0.508 e. The summed E-state index contributed by atoms with van der Waals surface area (Å²) in [4.78, 5) is 3.16. The molecule has 0 aliphatic heterocycles. The number of thiocarbonyl (C=S) groups is 1. The average molecular weight is 283 g/mol. The number of aromatic amines is 1. The second-order valence-corrected chi connectivity index (χ2v) is 4.81. The molecule has 4 N–H and O–H groups in total. The minimum absolute atomic E-state index is 0.228. The van der Waals surface area contributed by atoms with E-state index >= 15 is 0 Å². The Balaban J connectivity index is 1.70. The van der Waals surface area contributed by atoms with Crippen molar-refractivity contribution >= 4 is 39.6 Å². The first kappa shape index (κ1) is 12.5. The molecular formula is C15H13N3OS. The summed E-state index contributed by atoms with van der Waals surface area (Å²) >= 11 is 5.26. The first-order chi connectivity index (χ1) is 9.70. The molecule has 100 valence electrons. The summed E-state index contributed by atoms with van der Waals surface area (Å²) in [6.45, 7) is 0. The predicted octanol–water partition coefficient (Wildman–Crippen LogP) is 3.68. The molecule has 0 amide bonds. The lowest BCUT2D eigenvalue weighted by Gasteiger charge is -2.10. The van der Waals surface area contributed by atoms with Crippen molar-refractivity contribution in [2.24, 2.45) is 0 Å². The third kappa shape index (κ3) is 2.73. The van der Waals surface area contributed by atoms with Gasteiger partial charge in [-0.15, -0.1) is 0 Å². The highest BCUT2D eigenvalue weighted by Gasteiger charge is 2.01. The number of phenolic OH excluding ortho intramolecular Hbond substituents is 1. The molecule has 20 heavy (non-hydrogen) atoms. The molecule has 4 nitrogen and oxygen atoms in total. The van der Waals surface area contributed by atoms with Crippen LogP contribution in [-0.2, 0) is 0 Å². The summed E-state index contributed by atoms with van der Waals surface area (Å²) in [7, 11) is 0. The van der Waals surface area contributed by atoms with Crippen LogP contribution in [0.4, 0.5) is 11.4 Å². The lowest BCUT2D eigenvalue weighted by molar-refractivity contribution is 0.475. The van der Waals surface area contributed by atoms with Crippen molar-refractivity contribution < 1.29 is 5.11 Å². The van der Waals surface area contributed by atoms with Gasteiger partial charge in [-0.3, -0.25) is 0 Å². The molecule has 0 fully saturated rings. The van der Waals surface area contributed by atoms with Crippen LogP contribution >= 0.6 is 12.2 Å². The van der Waals surface area contributed by atoms with Gasteiger partial charge in [0.15, 0.2) is 5.11 Å². The Morgan fingerprint density at radius 1 is 0.950 bits per heavy atom. The number of hydrogen-bond donors (Lipinski definition) is 4. The summed E-state index contributed by atoms with van der Waals surface area (Å²) < 4.78 is 0. The van der Waals surface area contributed by atoms with Crippen LogP contribution in [0.15, 0.2) is 54.7 Å². The SMILES string of the molecule is Oc1ccc(NC(=S)Nc2ccc3cc[nH]c3c2)cc1. The smallest absolute Gasteiger partial charge is 0.175 e. The number of fused-ring (bicyclic) bond motifs is 1. The van der Waals surface area contributed by atoms with Gasteiger partial charge >= 0.3 is 0 Å². The maximum absolute atomic E-state index is 9.23. The fourth-order valence-corrected chi connectivity index (χ4v) is 2.20. The van der Waals surface area contributed by atoms with Crippen molar-refractivity contribution in [3.05, 3.63) is 54.7 Å². The molecule has 0 bridgehead atoms. The number of H-pyrrole nitrogens is 1. The first-order valence-corrected chi connectivity index (χ1v) is 6.56. The number of anilines is 2. The lowest BCUT2D eigenvalue weighted by atomic mass is 10.2. The van der Waals surface area contributed by atoms with E-state index in [1.807, 2.05) is 30.5 Å². The summed E-state index contributed by atoms with van der Waals surface area (Å²) in [5.41, 5.74) is 2.79. The van der Waals surface area contributed by atoms with E-state index in [1.165, 1.54) is 0 Å². The molecule has 0 radical (unpaired) electrons. The molecule has 0 spiro atoms. The van der Waals surface area contributed by atoms with Crippen LogP contribution in [0.2, 0.25) is 0 Å². The fraction of sp³-hybridized carbons (Fsp3) is 0. The van der Waals surface area contributed by atoms with Crippen LogP contribution in [0.3, 0.4) is 0 Å². The molecular weight excluding hydrogens is 270 g/mol. The molecule has 1 heterocycles. The molecule has 1 aromatic heterocycles. The number of aromatic nitrogens is 1. The van der Waals surface area contributed by atoms with E-state index in [2.05, 4.69) is 15.6 Å². The Morgan fingerprint density at radius 2 is 1.65 bits per heavy atom. The second kappa shape index (κ2) is 5.22. The van der Waals surface area contributed by atoms with Gasteiger partial charge in [0.25, 0.3) is 0 Å². The minimum atomic E-state index is 0.228. The Kier molecular flexibility index (Phi) is 3.26. The van der Waals surface area contributed by atoms with E-state index in [1.54, 1.807) is 24.3 Å². The number of nitrogens with one attached hydrogen (secondary N) is 3. The van der Waals surface area contributed by atoms with Crippen molar-refractivity contribution in [2.75, 3.05) is 10.6 Å². The molecule has 0 aliphatic carbocycles. The number of phenols is 1. The molecule has 0 atom stereocenters. The van der Waals surface area contributed by atoms with Gasteiger partial charge in [-0.2, -0.15) is 0 Å². The summed E-state index contributed by atoms with van der Waals surface area (Å²) in [5.74, 6) is 0.228. The quantitative estimate of drug-likeness (QED) is 0.428. The maximum atomic E-state index is 9.23. The van der Waals surface area contributed by atoms with E-state index in [0.29, 0.717) is 5.11 Å². The molecule has 0 saturated heterocycles. The van der Waals surface area contributed by atoms with Gasteiger partial charge in [-0.25, -0.2) is 0 Å². The van der Waals surface area contributed by atoms with Crippen LogP contribution in [0, 0.1) is 0 Å². The van der Waals surface area contributed by atoms with E-state index in [0.717, 1.165) is 22.3 Å². The Morgan fingerprint density at radius 3 is 2.45 bits per heavy atom. The second-order valence-electron chi connectivity index (χ2n) is 4.41. The fourth-order valence-electron chi connectivity index (χ4n) is 1.96. The molecule has 3 rings (SSSR count). The van der Waals surface area contributed by atoms with Crippen LogP contribution in [0.5, 0.6) is 5.75 Å². The van der Waals surface area contributed by atoms with Gasteiger partial charge in [-0.1, -0.05) is 6.07 Å². The van der Waals surface area contributed by atoms with Gasteiger partial charge in [0.2, 0.25) is 0 Å². The maximum Gasteiger partial charge on any atom is 0.175 e. The van der Waals surface area contributed by atoms with E-state index in [-0.39, 0.29) is 5.75 Å². The number of benzene rings is 2. The highest BCUT2D eigenvalue weighted by atomic mass is 32.1. The van der Waals surface area contributed by atoms with Crippen LogP contribution in [-0.4, -0.2) is 15.2 Å². The molecule has 0 unspecified atom stereocenters. The van der Waals surface area contributed by atoms with Gasteiger partial charge in [0.1, 0.15) is 5.75 Å². The number of hydrogen-bond acceptors (Lipinski definition) is 2. The number of rotatable bonds is 2. The van der Waals surface area contributed by atoms with Crippen LogP contribution in [0.1, 0.15) is 0 Å². The highest BCUT2D eigenvalue weighted by Crippen LogP contribution is 2.18. The Labute approximate surface area is 121 Å². The summed E-state index contributed by atoms with van der Waals surface area (Å²) in [5, 5.41) is 17.1. The summed E-state index contributed by atoms with van der Waals surface area (Å²) in [6.07, 6.45) is 1.90. The zero-order valence-corrected chi connectivity index (χ0v) is 11.4. The topological polar surface area (TPSA) is 60.1 Å². The van der Waals surface area contributed by atoms with E-state index in [9.17, 15) is 5.11 Å². The number of aromatic hydroxyl groups is 1. The van der Waals surface area contributed by atoms with Crippen molar-refractivity contribution in [1.82, 2.24) is 4.98 Å². The zero-order chi connectivity index (χ0) is 13.9. The summed E-state index contributed by atoms with van der Waals surface area (Å²) in [6, 6.07) is 14.8. The van der Waals surface area contributed by atoms with E-state index < -0.39 is 0 Å². The average Bonchev–Trinajstić information content (AvgIpc) is 2.89. The largest absolute Gasteiger partial charge is 0.508 e. The van der Waals surface area contributed by atoms with Gasteiger partial charge in [0.05, 0.1) is 0 Å². The van der Waals surface area contributed by atoms with Crippen molar-refractivity contribution in [2.45, 2.75) is 0 Å². The van der Waals surface area contributed by atoms with E-state index in [4.69, 9.17) is 12.2 Å². The first-order valence-electron chi connectivity index (χ1n) is 6.15. The Hall–Kier alpha value is -2.53. The Bertz CT molecular complexity index is 749. The molecule has 2 aromatic carbocycles. The lowest BCUT2D eigenvalue weighted by Crippen LogP contribution is -2.18. The molecule has 0 saturated carbocycles. The van der Waals surface area contributed by atoms with Crippen molar-refractivity contribution in [3.63, 3.8) is 0 Å². The normalized spacial score (nSPS) is 10.4. The van der Waals surface area contributed by atoms with Gasteiger partial charge in [0, 0.05) is 23.1 Å². The molecule has 3 aromatic rings. The molecule has 5 heteroatoms. The van der Waals surface area contributed by atoms with Crippen molar-refractivity contribution in [1.29, 1.82) is 0 Å². The zero-order valence-electron chi connectivity index (χ0n) is 10.6. The van der Waals surface area contributed by atoms with Crippen LogP contribution in [0.25, 0.3) is 10.9 Å². The monoisotopic (exact) mass is 283 g/mol. The predicted molar refractivity (Wildman–Crippen MR) is 86.2 cm³/mol. The third-order valence-electron chi connectivity index (χ3n) is 2.94. The third-order valence-corrected chi connectivity index (χ3v) is 3.14. The van der Waals surface area contributed by atoms with Crippen molar-refractivity contribution in [3.8, 4) is 5.75 Å².